The molecule has 3 aliphatic carbocycles. The molecular formula is C21H27NOS. The lowest BCUT2D eigenvalue weighted by atomic mass is 9.51. The van der Waals surface area contributed by atoms with Crippen LogP contribution in [0, 0.1) is 40.4 Å². The van der Waals surface area contributed by atoms with Crippen LogP contribution in [0.3, 0.4) is 0 Å². The summed E-state index contributed by atoms with van der Waals surface area (Å²) in [7, 11) is 0. The van der Waals surface area contributed by atoms with Crippen LogP contribution < -0.4 is 0 Å². The normalized spacial score (nSPS) is 35.8. The number of allylic oxidation sites excluding steroid dienone is 1. The SMILES string of the molecule is CC(C)[C@H](CSc1ccccc1)[C@H]1C[C@@]2(C)C=C[C@H]1C[C@]2(O)C#N. The Morgan fingerprint density at radius 3 is 2.58 bits per heavy atom. The standard InChI is InChI=1S/C21H27NOS/c1-15(2)19(13-24-17-7-5-4-6-8-17)18-12-20(3)10-9-16(18)11-21(20,23)14-22/h4-10,15-16,18-19,23H,11-13H2,1-3H3/t16-,18-,19-,20+,21-/m0/s1. The molecule has 24 heavy (non-hydrogen) atoms. The van der Waals surface area contributed by atoms with Gasteiger partial charge in [-0.2, -0.15) is 5.26 Å². The van der Waals surface area contributed by atoms with E-state index in [2.05, 4.69) is 69.3 Å². The lowest BCUT2D eigenvalue weighted by Crippen LogP contribution is -2.56. The van der Waals surface area contributed by atoms with Crippen molar-refractivity contribution in [1.82, 2.24) is 0 Å². The molecule has 128 valence electrons. The Balaban J connectivity index is 1.77. The highest BCUT2D eigenvalue weighted by atomic mass is 32.2. The fourth-order valence-corrected chi connectivity index (χ4v) is 5.82. The zero-order valence-electron chi connectivity index (χ0n) is 14.8. The summed E-state index contributed by atoms with van der Waals surface area (Å²) in [6.45, 7) is 6.67. The van der Waals surface area contributed by atoms with Crippen molar-refractivity contribution in [2.75, 3.05) is 5.75 Å². The highest BCUT2D eigenvalue weighted by Gasteiger charge is 2.57. The zero-order chi connectivity index (χ0) is 17.4. The molecule has 0 heterocycles. The van der Waals surface area contributed by atoms with Gasteiger partial charge in [0.05, 0.1) is 6.07 Å². The van der Waals surface area contributed by atoms with E-state index in [9.17, 15) is 10.4 Å². The van der Waals surface area contributed by atoms with Gasteiger partial charge in [-0.1, -0.05) is 51.1 Å². The summed E-state index contributed by atoms with van der Waals surface area (Å²) in [6.07, 6.45) is 5.86. The minimum atomic E-state index is -1.20. The molecule has 4 rings (SSSR count). The highest BCUT2D eigenvalue weighted by molar-refractivity contribution is 7.99. The molecule has 1 N–H and O–H groups in total. The van der Waals surface area contributed by atoms with Gasteiger partial charge in [0.2, 0.25) is 0 Å². The van der Waals surface area contributed by atoms with Crippen LogP contribution in [0.2, 0.25) is 0 Å². The number of nitrogens with zero attached hydrogens (tertiary/aromatic N) is 1. The molecule has 2 bridgehead atoms. The van der Waals surface area contributed by atoms with Gasteiger partial charge >= 0.3 is 0 Å². The monoisotopic (exact) mass is 341 g/mol. The molecule has 0 unspecified atom stereocenters. The Hall–Kier alpha value is -1.24. The number of rotatable bonds is 5. The molecule has 2 nitrogen and oxygen atoms in total. The van der Waals surface area contributed by atoms with E-state index in [4.69, 9.17) is 0 Å². The van der Waals surface area contributed by atoms with Gasteiger partial charge in [0, 0.05) is 16.1 Å². The van der Waals surface area contributed by atoms with Crippen LogP contribution in [0.5, 0.6) is 0 Å². The summed E-state index contributed by atoms with van der Waals surface area (Å²) in [5.41, 5.74) is -1.61. The van der Waals surface area contributed by atoms with Crippen molar-refractivity contribution in [3.05, 3.63) is 42.5 Å². The third-order valence-corrected chi connectivity index (χ3v) is 7.33. The molecular weight excluding hydrogens is 314 g/mol. The molecule has 1 aromatic rings. The Bertz CT molecular complexity index is 650. The molecule has 0 saturated heterocycles. The van der Waals surface area contributed by atoms with Crippen molar-refractivity contribution in [2.24, 2.45) is 29.1 Å². The molecule has 3 aliphatic rings. The van der Waals surface area contributed by atoms with Gasteiger partial charge in [0.25, 0.3) is 0 Å². The van der Waals surface area contributed by atoms with Crippen LogP contribution in [0.4, 0.5) is 0 Å². The Kier molecular flexibility index (Phi) is 4.82. The predicted octanol–water partition coefficient (Wildman–Crippen LogP) is 4.91. The van der Waals surface area contributed by atoms with E-state index in [1.54, 1.807) is 0 Å². The Morgan fingerprint density at radius 1 is 1.29 bits per heavy atom. The predicted molar refractivity (Wildman–Crippen MR) is 99.5 cm³/mol. The number of fused-ring (bicyclic) bond motifs is 2. The van der Waals surface area contributed by atoms with Crippen LogP contribution in [-0.4, -0.2) is 16.5 Å². The molecule has 1 saturated carbocycles. The Labute approximate surface area is 150 Å². The summed E-state index contributed by atoms with van der Waals surface area (Å²) in [6, 6.07) is 12.8. The largest absolute Gasteiger partial charge is 0.374 e. The van der Waals surface area contributed by atoms with Crippen molar-refractivity contribution in [2.45, 2.75) is 44.1 Å². The number of thioether (sulfide) groups is 1. The number of hydrogen-bond donors (Lipinski definition) is 1. The minimum absolute atomic E-state index is 0.320. The number of hydrogen-bond acceptors (Lipinski definition) is 3. The molecule has 3 heteroatoms. The van der Waals surface area contributed by atoms with Gasteiger partial charge in [-0.05, 0) is 48.6 Å². The molecule has 0 radical (unpaired) electrons. The van der Waals surface area contributed by atoms with Gasteiger partial charge in [0.15, 0.2) is 5.60 Å². The number of aliphatic hydroxyl groups is 1. The third kappa shape index (κ3) is 3.03. The fourth-order valence-electron chi connectivity index (χ4n) is 4.45. The second-order valence-electron chi connectivity index (χ2n) is 8.02. The summed E-state index contributed by atoms with van der Waals surface area (Å²) in [5.74, 6) is 3.15. The number of nitriles is 1. The van der Waals surface area contributed by atoms with E-state index in [0.29, 0.717) is 30.1 Å². The van der Waals surface area contributed by atoms with Crippen molar-refractivity contribution in [3.8, 4) is 6.07 Å². The second-order valence-corrected chi connectivity index (χ2v) is 9.11. The lowest BCUT2D eigenvalue weighted by Gasteiger charge is -2.54. The second kappa shape index (κ2) is 6.58. The van der Waals surface area contributed by atoms with Gasteiger partial charge < -0.3 is 5.11 Å². The van der Waals surface area contributed by atoms with Gasteiger partial charge in [-0.15, -0.1) is 11.8 Å². The third-order valence-electron chi connectivity index (χ3n) is 6.17. The van der Waals surface area contributed by atoms with Crippen molar-refractivity contribution in [3.63, 3.8) is 0 Å². The minimum Gasteiger partial charge on any atom is -0.374 e. The molecule has 0 spiro atoms. The van der Waals surface area contributed by atoms with E-state index in [1.165, 1.54) is 4.90 Å². The maximum absolute atomic E-state index is 10.8. The topological polar surface area (TPSA) is 44.0 Å². The van der Waals surface area contributed by atoms with E-state index in [-0.39, 0.29) is 0 Å². The van der Waals surface area contributed by atoms with Crippen LogP contribution in [0.15, 0.2) is 47.4 Å². The van der Waals surface area contributed by atoms with Crippen LogP contribution in [0.1, 0.15) is 33.6 Å². The quantitative estimate of drug-likeness (QED) is 0.470. The van der Waals surface area contributed by atoms with Gasteiger partial charge in [-0.25, -0.2) is 0 Å². The van der Waals surface area contributed by atoms with Gasteiger partial charge in [-0.3, -0.25) is 0 Å². The summed E-state index contributed by atoms with van der Waals surface area (Å²) < 4.78 is 0. The van der Waals surface area contributed by atoms with Crippen molar-refractivity contribution in [1.29, 1.82) is 5.26 Å². The first-order valence-electron chi connectivity index (χ1n) is 8.89. The highest BCUT2D eigenvalue weighted by Crippen LogP contribution is 2.57. The average molecular weight is 342 g/mol. The van der Waals surface area contributed by atoms with Crippen LogP contribution in [-0.2, 0) is 0 Å². The number of benzene rings is 1. The molecule has 0 aromatic heterocycles. The first-order valence-corrected chi connectivity index (χ1v) is 9.88. The van der Waals surface area contributed by atoms with E-state index in [0.717, 1.165) is 12.2 Å². The maximum atomic E-state index is 10.8. The molecule has 0 amide bonds. The van der Waals surface area contributed by atoms with Crippen molar-refractivity contribution >= 4 is 11.8 Å². The van der Waals surface area contributed by atoms with E-state index in [1.807, 2.05) is 11.8 Å². The smallest absolute Gasteiger partial charge is 0.160 e. The fraction of sp³-hybridized carbons (Fsp3) is 0.571. The van der Waals surface area contributed by atoms with Crippen LogP contribution in [0.25, 0.3) is 0 Å². The summed E-state index contributed by atoms with van der Waals surface area (Å²) >= 11 is 1.93. The zero-order valence-corrected chi connectivity index (χ0v) is 15.6. The average Bonchev–Trinajstić information content (AvgIpc) is 2.57. The first kappa shape index (κ1) is 17.6. The Morgan fingerprint density at radius 2 is 2.00 bits per heavy atom. The molecule has 0 aliphatic heterocycles. The first-order chi connectivity index (χ1) is 11.4. The lowest BCUT2D eigenvalue weighted by molar-refractivity contribution is -0.0877. The maximum Gasteiger partial charge on any atom is 0.160 e. The van der Waals surface area contributed by atoms with Crippen LogP contribution >= 0.6 is 11.8 Å². The van der Waals surface area contributed by atoms with E-state index < -0.39 is 11.0 Å². The molecule has 1 aromatic carbocycles. The van der Waals surface area contributed by atoms with Crippen molar-refractivity contribution < 1.29 is 5.11 Å². The summed E-state index contributed by atoms with van der Waals surface area (Å²) in [5, 5.41) is 20.2. The summed E-state index contributed by atoms with van der Waals surface area (Å²) in [4.78, 5) is 1.32. The molecule has 1 fully saturated rings. The van der Waals surface area contributed by atoms with E-state index >= 15 is 0 Å². The van der Waals surface area contributed by atoms with Gasteiger partial charge in [0.1, 0.15) is 0 Å². The molecule has 5 atom stereocenters.